The lowest BCUT2D eigenvalue weighted by molar-refractivity contribution is 0.119. The maximum atomic E-state index is 12.4. The number of amides is 7. The third-order valence-corrected chi connectivity index (χ3v) is 26.4. The monoisotopic (exact) mass is 2240 g/mol. The summed E-state index contributed by atoms with van der Waals surface area (Å²) in [6.45, 7) is 15.2. The Kier molecular flexibility index (Phi) is 43.4. The molecule has 11 aromatic rings. The summed E-state index contributed by atoms with van der Waals surface area (Å²) < 4.78 is 44.7. The first-order valence-corrected chi connectivity index (χ1v) is 48.9. The standard InChI is InChI=1S/3C18H20BrClN4O2.C15H13ClN2O2.C9H13BrN2O.C8H9ClN2.C7H5ClO2.CH3FS/c3*1-9-16(19)15(10(2)26-3)14(8-21-9)24-18(25)23-12-6-13(20)17(22-7-12)11-4-5-11;16-13-8-11(9-17-14(13)10-6-7-10)18-15(19)20-12-4-2-1-3-5-12;1-5-9(10)8(6(2)13-3)7(11)4-12-5;9-7-3-6(10)4-11-8(7)5-1-2-5;8-7(9)10-6-4-2-1-3-5-6;1-3-2/h3*6-8,10-11H,4-5H2,1-3H3,(H2,23,24,25);1-5,8-10H,6-7H2,(H,18,19);4,6H,11H2,1-3H3;3-5H,1-2,10H2;1-5H;1H3/t2*10-;;;;;;/m10....../s1. The number of nitrogens with one attached hydrogen (secondary N) is 7. The molecule has 0 radical (unpaired) electrons. The van der Waals surface area contributed by atoms with Crippen molar-refractivity contribution in [1.29, 1.82) is 0 Å². The van der Waals surface area contributed by atoms with Gasteiger partial charge in [0.05, 0.1) is 208 Å². The Labute approximate surface area is 851 Å². The Morgan fingerprint density at radius 2 is 0.630 bits per heavy atom. The summed E-state index contributed by atoms with van der Waals surface area (Å²) in [6, 6.07) is 25.0. The summed E-state index contributed by atoms with van der Waals surface area (Å²) in [5, 5.41) is 22.4. The molecule has 9 aromatic heterocycles. The number of nitrogens with zero attached hydrogens (tertiary/aromatic N) is 9. The number of halogens is 11. The van der Waals surface area contributed by atoms with Crippen LogP contribution in [0.25, 0.3) is 0 Å². The summed E-state index contributed by atoms with van der Waals surface area (Å²) in [7, 11) is 6.51. The van der Waals surface area contributed by atoms with Gasteiger partial charge in [0.2, 0.25) is 0 Å². The minimum atomic E-state index is -0.814. The number of hydrogen-bond donors (Lipinski definition) is 9. The Hall–Kier alpha value is -9.28. The molecule has 0 spiro atoms. The summed E-state index contributed by atoms with van der Waals surface area (Å²) in [5.74, 6) is 3.40. The minimum Gasteiger partial charge on any atom is -0.415 e. The van der Waals surface area contributed by atoms with Gasteiger partial charge in [-0.2, -0.15) is 3.89 Å². The molecule has 0 aliphatic heterocycles. The number of pyridine rings is 9. The molecule has 2 aromatic carbocycles. The van der Waals surface area contributed by atoms with Gasteiger partial charge in [-0.05, 0) is 238 Å². The molecule has 135 heavy (non-hydrogen) atoms. The molecule has 0 saturated heterocycles. The second kappa shape index (κ2) is 53.6. The topological polar surface area (TPSA) is 393 Å². The van der Waals surface area contributed by atoms with Crippen LogP contribution in [0, 0.1) is 27.7 Å². The number of urea groups is 3. The number of anilines is 9. The third kappa shape index (κ3) is 34.1. The van der Waals surface area contributed by atoms with Gasteiger partial charge in [-0.3, -0.25) is 50.2 Å². The van der Waals surface area contributed by atoms with Crippen molar-refractivity contribution < 1.29 is 56.3 Å². The van der Waals surface area contributed by atoms with Crippen molar-refractivity contribution >= 4 is 226 Å². The van der Waals surface area contributed by atoms with Crippen molar-refractivity contribution in [2.45, 2.75) is 174 Å². The number of aromatic nitrogens is 9. The minimum absolute atomic E-state index is 0.0175. The fourth-order valence-corrected chi connectivity index (χ4v) is 17.1. The number of benzene rings is 2. The van der Waals surface area contributed by atoms with Gasteiger partial charge in [0.1, 0.15) is 11.5 Å². The van der Waals surface area contributed by atoms with Crippen molar-refractivity contribution in [1.82, 2.24) is 44.9 Å². The summed E-state index contributed by atoms with van der Waals surface area (Å²) in [4.78, 5) is 97.7. The van der Waals surface area contributed by atoms with E-state index in [1.165, 1.54) is 19.1 Å². The molecular weight excluding hydrogens is 2140 g/mol. The van der Waals surface area contributed by atoms with E-state index in [9.17, 15) is 27.9 Å². The second-order valence-corrected chi connectivity index (χ2v) is 37.1. The zero-order valence-corrected chi connectivity index (χ0v) is 87.6. The van der Waals surface area contributed by atoms with Crippen LogP contribution in [0.5, 0.6) is 11.5 Å². The Bertz CT molecular complexity index is 5590. The molecule has 2 unspecified atom stereocenters. The van der Waals surface area contributed by atoms with Gasteiger partial charge in [-0.25, -0.2) is 24.0 Å². The highest BCUT2D eigenvalue weighted by Crippen LogP contribution is 2.48. The van der Waals surface area contributed by atoms with Crippen LogP contribution in [0.2, 0.25) is 25.1 Å². The smallest absolute Gasteiger partial charge is 0.415 e. The fourth-order valence-electron chi connectivity index (χ4n) is 12.8. The van der Waals surface area contributed by atoms with Gasteiger partial charge in [0.25, 0.3) is 0 Å². The third-order valence-electron chi connectivity index (χ3n) is 20.8. The Morgan fingerprint density at radius 1 is 0.378 bits per heavy atom. The molecule has 16 rings (SSSR count). The van der Waals surface area contributed by atoms with Crippen molar-refractivity contribution in [3.8, 4) is 11.5 Å². The van der Waals surface area contributed by atoms with Crippen LogP contribution in [0.1, 0.15) is 219 Å². The summed E-state index contributed by atoms with van der Waals surface area (Å²) in [5.41, 5.74) is 27.1. The lowest BCUT2D eigenvalue weighted by Crippen LogP contribution is -2.21. The molecule has 4 atom stereocenters. The van der Waals surface area contributed by atoms with E-state index in [2.05, 4.69) is 151 Å². The van der Waals surface area contributed by atoms with Crippen LogP contribution in [0.15, 0.2) is 165 Å². The van der Waals surface area contributed by atoms with Crippen molar-refractivity contribution in [2.75, 3.05) is 83.4 Å². The maximum absolute atomic E-state index is 12.4. The largest absolute Gasteiger partial charge is 0.417 e. The first kappa shape index (κ1) is 109. The van der Waals surface area contributed by atoms with Crippen LogP contribution < -0.4 is 58.2 Å². The lowest BCUT2D eigenvalue weighted by atomic mass is 10.1. The molecular formula is C94H103Br4Cl6FN18O11S. The van der Waals surface area contributed by atoms with Gasteiger partial charge < -0.3 is 71.8 Å². The van der Waals surface area contributed by atoms with Gasteiger partial charge >= 0.3 is 29.6 Å². The molecule has 5 saturated carbocycles. The van der Waals surface area contributed by atoms with Crippen LogP contribution >= 0.6 is 145 Å². The van der Waals surface area contributed by atoms with Gasteiger partial charge in [0.15, 0.2) is 0 Å². The van der Waals surface area contributed by atoms with E-state index in [0.717, 1.165) is 143 Å². The molecule has 5 aliphatic carbocycles. The summed E-state index contributed by atoms with van der Waals surface area (Å²) in [6.07, 6.45) is 26.2. The Morgan fingerprint density at radius 3 is 0.896 bits per heavy atom. The van der Waals surface area contributed by atoms with Crippen LogP contribution in [-0.2, 0) is 18.9 Å². The molecule has 29 nitrogen and oxygen atoms in total. The zero-order chi connectivity index (χ0) is 98.4. The molecule has 5 fully saturated rings. The molecule has 41 heteroatoms. The first-order valence-electron chi connectivity index (χ1n) is 42.3. The highest BCUT2D eigenvalue weighted by Gasteiger charge is 2.33. The number of carbonyl (C=O) groups excluding carboxylic acids is 5. The quantitative estimate of drug-likeness (QED) is 0.0285. The molecule has 5 aliphatic rings. The molecule has 718 valence electrons. The van der Waals surface area contributed by atoms with Gasteiger partial charge in [-0.15, -0.1) is 0 Å². The van der Waals surface area contributed by atoms with Crippen LogP contribution in [0.3, 0.4) is 0 Å². The number of para-hydroxylation sites is 2. The molecule has 9 heterocycles. The number of methoxy groups -OCH3 is 4. The highest BCUT2D eigenvalue weighted by molar-refractivity contribution is 9.11. The number of ether oxygens (including phenoxy) is 6. The van der Waals surface area contributed by atoms with Gasteiger partial charge in [0, 0.05) is 128 Å². The number of carbonyl (C=O) groups is 5. The van der Waals surface area contributed by atoms with Crippen molar-refractivity contribution in [2.24, 2.45) is 0 Å². The number of hydrogen-bond acceptors (Lipinski definition) is 23. The number of rotatable bonds is 22. The zero-order valence-electron chi connectivity index (χ0n) is 75.9. The predicted molar refractivity (Wildman–Crippen MR) is 550 cm³/mol. The molecule has 0 bridgehead atoms. The SMILES string of the molecule is COC(C)c1c(N)cnc(C)c1Br.COC(C)c1c(NC(=O)Nc2cnc(C3CC3)c(Cl)c2)cnc(C)c1Br.CO[C@@H](C)c1c(NC(=O)Nc2cnc(C3CC3)c(Cl)c2)cnc(C)c1Br.CO[C@H](C)c1c(NC(=O)Nc2cnc(C3CC3)c(Cl)c2)cnc(C)c1Br.CSF.Nc1cnc(C2CC2)c(Cl)c1.O=C(Cl)Oc1ccccc1.O=C(Nc1cnc(C2CC2)c(Cl)c1)Oc1ccccc1. The Balaban J connectivity index is 0.000000180. The van der Waals surface area contributed by atoms with Crippen molar-refractivity contribution in [3.05, 3.63) is 263 Å². The van der Waals surface area contributed by atoms with E-state index < -0.39 is 29.6 Å². The number of nitrogen functional groups attached to an aromatic ring is 2. The van der Waals surface area contributed by atoms with E-state index in [0.29, 0.717) is 117 Å². The van der Waals surface area contributed by atoms with E-state index in [-0.39, 0.29) is 36.6 Å². The van der Waals surface area contributed by atoms with Gasteiger partial charge in [-0.1, -0.05) is 94.4 Å². The average molecular weight is 2240 g/mol. The van der Waals surface area contributed by atoms with E-state index in [4.69, 9.17) is 105 Å². The van der Waals surface area contributed by atoms with Crippen LogP contribution in [-0.4, -0.2) is 109 Å². The van der Waals surface area contributed by atoms with Crippen molar-refractivity contribution in [3.63, 3.8) is 0 Å². The number of nitrogens with two attached hydrogens (primary N) is 2. The fraction of sp³-hybridized carbons (Fsp3) is 0.340. The summed E-state index contributed by atoms with van der Waals surface area (Å²) >= 11 is 50.1. The van der Waals surface area contributed by atoms with Crippen LogP contribution in [0.4, 0.5) is 79.0 Å². The van der Waals surface area contributed by atoms with E-state index in [1.807, 2.05) is 67.5 Å². The average Bonchev–Trinajstić information content (AvgIpc) is 1.46. The van der Waals surface area contributed by atoms with E-state index >= 15 is 0 Å². The predicted octanol–water partition coefficient (Wildman–Crippen LogP) is 28.8. The van der Waals surface area contributed by atoms with E-state index in [1.54, 1.807) is 163 Å². The molecule has 7 amide bonds. The maximum Gasteiger partial charge on any atom is 0.417 e. The lowest BCUT2D eigenvalue weighted by Gasteiger charge is -2.18. The number of aryl methyl sites for hydroxylation is 4. The first-order chi connectivity index (χ1) is 64.5. The second-order valence-electron chi connectivity index (χ2n) is 31.2. The molecule has 11 N–H and O–H groups in total. The highest BCUT2D eigenvalue weighted by atomic mass is 79.9. The normalized spacial score (nSPS) is 14.0.